The van der Waals surface area contributed by atoms with E-state index in [1.165, 1.54) is 0 Å². The summed E-state index contributed by atoms with van der Waals surface area (Å²) in [7, 11) is 3.49. The summed E-state index contributed by atoms with van der Waals surface area (Å²) >= 11 is 0. The molecule has 0 bridgehead atoms. The maximum atomic E-state index is 12.6. The van der Waals surface area contributed by atoms with E-state index in [2.05, 4.69) is 19.2 Å². The molecule has 0 saturated heterocycles. The number of carbonyl (C=O) groups excluding carboxylic acids is 2. The van der Waals surface area contributed by atoms with Gasteiger partial charge in [-0.1, -0.05) is 69.5 Å². The SMILES string of the molecule is CCCCCC(CCC)OC(=O)NC(C)(C)c1ccc(-c2ccc(C(=O)N(C)C)cc2)cc1. The fourth-order valence-electron chi connectivity index (χ4n) is 3.86. The molecule has 0 aliphatic heterocycles. The van der Waals surface area contributed by atoms with Gasteiger partial charge in [0.1, 0.15) is 6.10 Å². The van der Waals surface area contributed by atoms with Crippen molar-refractivity contribution in [2.75, 3.05) is 14.1 Å². The van der Waals surface area contributed by atoms with E-state index < -0.39 is 5.54 Å². The number of nitrogens with one attached hydrogen (secondary N) is 1. The first-order chi connectivity index (χ1) is 15.7. The molecule has 2 aromatic carbocycles. The molecule has 180 valence electrons. The number of ether oxygens (including phenoxy) is 1. The number of hydrogen-bond acceptors (Lipinski definition) is 3. The summed E-state index contributed by atoms with van der Waals surface area (Å²) in [6.45, 7) is 8.26. The number of carbonyl (C=O) groups is 2. The van der Waals surface area contributed by atoms with Crippen LogP contribution in [-0.4, -0.2) is 37.1 Å². The van der Waals surface area contributed by atoms with Crippen LogP contribution in [0.1, 0.15) is 82.1 Å². The van der Waals surface area contributed by atoms with Gasteiger partial charge in [-0.05, 0) is 61.9 Å². The lowest BCUT2D eigenvalue weighted by molar-refractivity contribution is 0.0784. The summed E-state index contributed by atoms with van der Waals surface area (Å²) in [5, 5.41) is 3.04. The number of hydrogen-bond donors (Lipinski definition) is 1. The highest BCUT2D eigenvalue weighted by Gasteiger charge is 2.25. The van der Waals surface area contributed by atoms with Gasteiger partial charge in [0.15, 0.2) is 0 Å². The van der Waals surface area contributed by atoms with Crippen LogP contribution in [0.25, 0.3) is 11.1 Å². The maximum Gasteiger partial charge on any atom is 0.408 e. The third kappa shape index (κ3) is 7.92. The molecule has 2 amide bonds. The van der Waals surface area contributed by atoms with Gasteiger partial charge in [-0.15, -0.1) is 0 Å². The Morgan fingerprint density at radius 3 is 1.97 bits per heavy atom. The van der Waals surface area contributed by atoms with Crippen molar-refractivity contribution in [2.24, 2.45) is 0 Å². The van der Waals surface area contributed by atoms with Crippen LogP contribution >= 0.6 is 0 Å². The van der Waals surface area contributed by atoms with E-state index in [1.54, 1.807) is 19.0 Å². The predicted molar refractivity (Wildman–Crippen MR) is 135 cm³/mol. The molecule has 33 heavy (non-hydrogen) atoms. The molecule has 0 spiro atoms. The van der Waals surface area contributed by atoms with Crippen LogP contribution in [0.5, 0.6) is 0 Å². The molecule has 1 N–H and O–H groups in total. The van der Waals surface area contributed by atoms with E-state index in [-0.39, 0.29) is 18.1 Å². The zero-order valence-corrected chi connectivity index (χ0v) is 21.1. The molecule has 5 heteroatoms. The summed E-state index contributed by atoms with van der Waals surface area (Å²) in [4.78, 5) is 26.3. The molecule has 0 saturated carbocycles. The van der Waals surface area contributed by atoms with Crippen molar-refractivity contribution < 1.29 is 14.3 Å². The molecule has 1 unspecified atom stereocenters. The smallest absolute Gasteiger partial charge is 0.408 e. The van der Waals surface area contributed by atoms with Gasteiger partial charge in [0, 0.05) is 19.7 Å². The largest absolute Gasteiger partial charge is 0.446 e. The zero-order valence-electron chi connectivity index (χ0n) is 21.1. The van der Waals surface area contributed by atoms with Gasteiger partial charge >= 0.3 is 6.09 Å². The van der Waals surface area contributed by atoms with Crippen molar-refractivity contribution in [3.63, 3.8) is 0 Å². The molecule has 0 radical (unpaired) electrons. The Morgan fingerprint density at radius 1 is 0.879 bits per heavy atom. The lowest BCUT2D eigenvalue weighted by atomic mass is 9.92. The van der Waals surface area contributed by atoms with Gasteiger partial charge in [0.05, 0.1) is 5.54 Å². The zero-order chi connectivity index (χ0) is 24.4. The van der Waals surface area contributed by atoms with Crippen LogP contribution < -0.4 is 5.32 Å². The van der Waals surface area contributed by atoms with Gasteiger partial charge in [-0.2, -0.15) is 0 Å². The standard InChI is InChI=1S/C28H40N2O3/c1-7-9-10-12-25(11-8-2)33-27(32)29-28(3,4)24-19-17-22(18-20-24)21-13-15-23(16-14-21)26(31)30(5)6/h13-20,25H,7-12H2,1-6H3,(H,29,32). The maximum absolute atomic E-state index is 12.6. The number of nitrogens with zero attached hydrogens (tertiary/aromatic N) is 1. The number of unbranched alkanes of at least 4 members (excludes halogenated alkanes) is 2. The first-order valence-electron chi connectivity index (χ1n) is 12.1. The molecule has 0 aromatic heterocycles. The highest BCUT2D eigenvalue weighted by Crippen LogP contribution is 2.26. The molecule has 5 nitrogen and oxygen atoms in total. The number of alkyl carbamates (subject to hydrolysis) is 1. The Bertz CT molecular complexity index is 886. The van der Waals surface area contributed by atoms with Crippen molar-refractivity contribution >= 4 is 12.0 Å². The Hall–Kier alpha value is -2.82. The first kappa shape index (κ1) is 26.4. The third-order valence-electron chi connectivity index (χ3n) is 5.91. The van der Waals surface area contributed by atoms with Crippen LogP contribution in [0.2, 0.25) is 0 Å². The normalized spacial score (nSPS) is 12.2. The van der Waals surface area contributed by atoms with E-state index in [1.807, 2.05) is 62.4 Å². The van der Waals surface area contributed by atoms with Crippen LogP contribution in [-0.2, 0) is 10.3 Å². The molecule has 2 aromatic rings. The number of benzene rings is 2. The van der Waals surface area contributed by atoms with Crippen molar-refractivity contribution in [2.45, 2.75) is 77.9 Å². The van der Waals surface area contributed by atoms with Gasteiger partial charge in [0.25, 0.3) is 5.91 Å². The van der Waals surface area contributed by atoms with Crippen LogP contribution in [0.4, 0.5) is 4.79 Å². The molecular weight excluding hydrogens is 412 g/mol. The first-order valence-corrected chi connectivity index (χ1v) is 12.1. The Labute approximate surface area is 199 Å². The second-order valence-electron chi connectivity index (χ2n) is 9.42. The van der Waals surface area contributed by atoms with E-state index in [9.17, 15) is 9.59 Å². The minimum absolute atomic E-state index is 0.0110. The van der Waals surface area contributed by atoms with Gasteiger partial charge in [-0.3, -0.25) is 4.79 Å². The fourth-order valence-corrected chi connectivity index (χ4v) is 3.86. The van der Waals surface area contributed by atoms with Gasteiger partial charge in [-0.25, -0.2) is 4.79 Å². The molecule has 2 rings (SSSR count). The number of amides is 2. The Morgan fingerprint density at radius 2 is 1.45 bits per heavy atom. The highest BCUT2D eigenvalue weighted by molar-refractivity contribution is 5.94. The van der Waals surface area contributed by atoms with Crippen molar-refractivity contribution in [3.05, 3.63) is 59.7 Å². The second-order valence-corrected chi connectivity index (χ2v) is 9.42. The minimum Gasteiger partial charge on any atom is -0.446 e. The van der Waals surface area contributed by atoms with Gasteiger partial charge < -0.3 is 15.0 Å². The van der Waals surface area contributed by atoms with E-state index in [0.29, 0.717) is 5.56 Å². The molecular formula is C28H40N2O3. The molecule has 0 fully saturated rings. The monoisotopic (exact) mass is 452 g/mol. The predicted octanol–water partition coefficient (Wildman–Crippen LogP) is 6.77. The highest BCUT2D eigenvalue weighted by atomic mass is 16.6. The summed E-state index contributed by atoms with van der Waals surface area (Å²) in [5.74, 6) is -0.0110. The van der Waals surface area contributed by atoms with Gasteiger partial charge in [0.2, 0.25) is 0 Å². The summed E-state index contributed by atoms with van der Waals surface area (Å²) in [6, 6.07) is 15.7. The van der Waals surface area contributed by atoms with Crippen molar-refractivity contribution in [1.29, 1.82) is 0 Å². The molecule has 0 aliphatic carbocycles. The summed E-state index contributed by atoms with van der Waals surface area (Å²) in [5.41, 5.74) is 3.20. The van der Waals surface area contributed by atoms with Crippen molar-refractivity contribution in [1.82, 2.24) is 10.2 Å². The third-order valence-corrected chi connectivity index (χ3v) is 5.91. The average molecular weight is 453 g/mol. The average Bonchev–Trinajstić information content (AvgIpc) is 2.78. The topological polar surface area (TPSA) is 58.6 Å². The van der Waals surface area contributed by atoms with E-state index in [4.69, 9.17) is 4.74 Å². The van der Waals surface area contributed by atoms with Crippen LogP contribution in [0.3, 0.4) is 0 Å². The van der Waals surface area contributed by atoms with Crippen LogP contribution in [0.15, 0.2) is 48.5 Å². The molecule has 0 heterocycles. The summed E-state index contributed by atoms with van der Waals surface area (Å²) < 4.78 is 5.75. The van der Waals surface area contributed by atoms with Crippen molar-refractivity contribution in [3.8, 4) is 11.1 Å². The molecule has 0 aliphatic rings. The quantitative estimate of drug-likeness (QED) is 0.383. The fraction of sp³-hybridized carbons (Fsp3) is 0.500. The second kappa shape index (κ2) is 12.4. The Balaban J connectivity index is 2.03. The lowest BCUT2D eigenvalue weighted by Gasteiger charge is -2.28. The van der Waals surface area contributed by atoms with E-state index in [0.717, 1.165) is 55.2 Å². The lowest BCUT2D eigenvalue weighted by Crippen LogP contribution is -2.42. The Kier molecular flexibility index (Phi) is 9.95. The van der Waals surface area contributed by atoms with Crippen LogP contribution in [0, 0.1) is 0 Å². The summed E-state index contributed by atoms with van der Waals surface area (Å²) in [6.07, 6.45) is 5.84. The number of rotatable bonds is 11. The minimum atomic E-state index is -0.558. The van der Waals surface area contributed by atoms with E-state index >= 15 is 0 Å². The molecule has 1 atom stereocenters.